The van der Waals surface area contributed by atoms with Crippen LogP contribution < -0.4 is 4.90 Å². The summed E-state index contributed by atoms with van der Waals surface area (Å²) in [6.45, 7) is 2.91. The number of nitrogens with zero attached hydrogens (tertiary/aromatic N) is 4. The zero-order chi connectivity index (χ0) is 23.4. The van der Waals surface area contributed by atoms with Gasteiger partial charge >= 0.3 is 0 Å². The van der Waals surface area contributed by atoms with Gasteiger partial charge in [-0.05, 0) is 43.2 Å². The third kappa shape index (κ3) is 3.55. The number of benzene rings is 2. The SMILES string of the molecule is Cc1nc(CN2[C@]3(CCN(C(=O)c4cccc(N(C)C)c4)C3)c3ccccc3S2(=O)=O)cs1. The summed E-state index contributed by atoms with van der Waals surface area (Å²) in [7, 11) is 0.169. The Labute approximate surface area is 198 Å². The molecule has 1 atom stereocenters. The molecule has 0 saturated carbocycles. The van der Waals surface area contributed by atoms with Gasteiger partial charge in [-0.25, -0.2) is 13.4 Å². The lowest BCUT2D eigenvalue weighted by Gasteiger charge is -2.33. The molecule has 7 nitrogen and oxygen atoms in total. The van der Waals surface area contributed by atoms with Crippen LogP contribution in [-0.4, -0.2) is 55.7 Å². The van der Waals surface area contributed by atoms with Gasteiger partial charge < -0.3 is 9.80 Å². The Balaban J connectivity index is 1.53. The van der Waals surface area contributed by atoms with Crippen molar-refractivity contribution in [2.75, 3.05) is 32.1 Å². The van der Waals surface area contributed by atoms with Gasteiger partial charge in [-0.3, -0.25) is 4.79 Å². The lowest BCUT2D eigenvalue weighted by atomic mass is 9.89. The van der Waals surface area contributed by atoms with Crippen LogP contribution in [0.3, 0.4) is 0 Å². The van der Waals surface area contributed by atoms with E-state index in [1.165, 1.54) is 11.3 Å². The lowest BCUT2D eigenvalue weighted by molar-refractivity contribution is 0.0762. The van der Waals surface area contributed by atoms with Crippen LogP contribution in [0.4, 0.5) is 5.69 Å². The van der Waals surface area contributed by atoms with Gasteiger partial charge in [0, 0.05) is 43.8 Å². The summed E-state index contributed by atoms with van der Waals surface area (Å²) in [4.78, 5) is 22.0. The van der Waals surface area contributed by atoms with E-state index in [-0.39, 0.29) is 12.5 Å². The number of amides is 1. The van der Waals surface area contributed by atoms with Crippen LogP contribution in [-0.2, 0) is 22.1 Å². The number of thiazole rings is 1. The first-order valence-corrected chi connectivity index (χ1v) is 13.1. The largest absolute Gasteiger partial charge is 0.378 e. The highest BCUT2D eigenvalue weighted by molar-refractivity contribution is 7.89. The molecule has 1 aromatic heterocycles. The summed E-state index contributed by atoms with van der Waals surface area (Å²) >= 11 is 1.51. The number of hydrogen-bond donors (Lipinski definition) is 0. The lowest BCUT2D eigenvalue weighted by Crippen LogP contribution is -2.46. The number of carbonyl (C=O) groups excluding carboxylic acids is 1. The Kier molecular flexibility index (Phi) is 5.30. The zero-order valence-electron chi connectivity index (χ0n) is 18.9. The highest BCUT2D eigenvalue weighted by Crippen LogP contribution is 2.50. The third-order valence-corrected chi connectivity index (χ3v) is 9.34. The maximum absolute atomic E-state index is 13.6. The van der Waals surface area contributed by atoms with E-state index in [4.69, 9.17) is 0 Å². The van der Waals surface area contributed by atoms with E-state index in [0.717, 1.165) is 22.0 Å². The van der Waals surface area contributed by atoms with Crippen LogP contribution in [0.1, 0.15) is 33.0 Å². The molecule has 2 aromatic carbocycles. The van der Waals surface area contributed by atoms with Gasteiger partial charge in [0.2, 0.25) is 10.0 Å². The molecular weight excluding hydrogens is 456 g/mol. The fourth-order valence-electron chi connectivity index (χ4n) is 4.91. The van der Waals surface area contributed by atoms with Gasteiger partial charge in [0.15, 0.2) is 0 Å². The topological polar surface area (TPSA) is 73.8 Å². The fraction of sp³-hybridized carbons (Fsp3) is 0.333. The zero-order valence-corrected chi connectivity index (χ0v) is 20.5. The molecule has 0 bridgehead atoms. The smallest absolute Gasteiger partial charge is 0.254 e. The van der Waals surface area contributed by atoms with Crippen LogP contribution in [0, 0.1) is 6.92 Å². The molecule has 33 heavy (non-hydrogen) atoms. The van der Waals surface area contributed by atoms with Crippen molar-refractivity contribution in [1.29, 1.82) is 0 Å². The molecule has 172 valence electrons. The molecule has 1 amide bonds. The first-order valence-electron chi connectivity index (χ1n) is 10.8. The Hall–Kier alpha value is -2.75. The molecule has 2 aliphatic heterocycles. The highest BCUT2D eigenvalue weighted by atomic mass is 32.2. The van der Waals surface area contributed by atoms with E-state index in [2.05, 4.69) is 4.98 Å². The number of fused-ring (bicyclic) bond motifs is 2. The second kappa shape index (κ2) is 7.93. The molecule has 1 spiro atoms. The van der Waals surface area contributed by atoms with Crippen molar-refractivity contribution in [2.24, 2.45) is 0 Å². The Morgan fingerprint density at radius 1 is 1.18 bits per heavy atom. The van der Waals surface area contributed by atoms with E-state index >= 15 is 0 Å². The maximum atomic E-state index is 13.6. The second-order valence-corrected chi connectivity index (χ2v) is 11.7. The molecule has 1 fully saturated rings. The number of hydrogen-bond acceptors (Lipinski definition) is 6. The van der Waals surface area contributed by atoms with Gasteiger partial charge in [-0.1, -0.05) is 24.3 Å². The average molecular weight is 483 g/mol. The van der Waals surface area contributed by atoms with Crippen molar-refractivity contribution in [1.82, 2.24) is 14.2 Å². The van der Waals surface area contributed by atoms with E-state index in [0.29, 0.717) is 30.0 Å². The molecule has 0 N–H and O–H groups in total. The van der Waals surface area contributed by atoms with Gasteiger partial charge in [0.25, 0.3) is 5.91 Å². The van der Waals surface area contributed by atoms with E-state index in [9.17, 15) is 13.2 Å². The standard InChI is InChI=1S/C24H26N4O3S2/c1-17-25-19(15-32-17)14-28-24(21-9-4-5-10-22(21)33(28,30)31)11-12-27(16-24)23(29)18-7-6-8-20(13-18)26(2)3/h4-10,13,15H,11-12,14,16H2,1-3H3/t24-/m0/s1. The van der Waals surface area contributed by atoms with Crippen molar-refractivity contribution in [3.05, 3.63) is 75.7 Å². The number of aromatic nitrogens is 1. The maximum Gasteiger partial charge on any atom is 0.254 e. The predicted molar refractivity (Wildman–Crippen MR) is 129 cm³/mol. The summed E-state index contributed by atoms with van der Waals surface area (Å²) in [6, 6.07) is 14.7. The first kappa shape index (κ1) is 22.1. The minimum atomic E-state index is -3.71. The molecule has 2 aliphatic rings. The highest BCUT2D eigenvalue weighted by Gasteiger charge is 2.57. The van der Waals surface area contributed by atoms with Gasteiger partial charge in [-0.15, -0.1) is 11.3 Å². The molecule has 0 unspecified atom stereocenters. The van der Waals surface area contributed by atoms with E-state index in [1.54, 1.807) is 21.3 Å². The number of aryl methyl sites for hydroxylation is 1. The minimum Gasteiger partial charge on any atom is -0.378 e. The van der Waals surface area contributed by atoms with Crippen molar-refractivity contribution < 1.29 is 13.2 Å². The summed E-state index contributed by atoms with van der Waals surface area (Å²) in [5.41, 5.74) is 2.27. The molecule has 0 aliphatic carbocycles. The van der Waals surface area contributed by atoms with Crippen LogP contribution in [0.2, 0.25) is 0 Å². The van der Waals surface area contributed by atoms with E-state index < -0.39 is 15.6 Å². The predicted octanol–water partition coefficient (Wildman–Crippen LogP) is 3.46. The average Bonchev–Trinajstić information content (AvgIpc) is 3.47. The summed E-state index contributed by atoms with van der Waals surface area (Å²) in [6.07, 6.45) is 0.547. The van der Waals surface area contributed by atoms with Crippen LogP contribution >= 0.6 is 11.3 Å². The van der Waals surface area contributed by atoms with Crippen LogP contribution in [0.25, 0.3) is 0 Å². The number of rotatable bonds is 4. The van der Waals surface area contributed by atoms with Crippen molar-refractivity contribution in [3.8, 4) is 0 Å². The molecular formula is C24H26N4O3S2. The number of sulfonamides is 1. The minimum absolute atomic E-state index is 0.0817. The van der Waals surface area contributed by atoms with Crippen molar-refractivity contribution in [2.45, 2.75) is 30.3 Å². The summed E-state index contributed by atoms with van der Waals surface area (Å²) in [5.74, 6) is -0.0817. The normalized spacial score (nSPS) is 21.5. The van der Waals surface area contributed by atoms with Gasteiger partial charge in [-0.2, -0.15) is 4.31 Å². The molecule has 3 aromatic rings. The van der Waals surface area contributed by atoms with Crippen LogP contribution in [0.5, 0.6) is 0 Å². The Morgan fingerprint density at radius 3 is 2.70 bits per heavy atom. The molecule has 3 heterocycles. The van der Waals surface area contributed by atoms with Gasteiger partial charge in [0.1, 0.15) is 0 Å². The van der Waals surface area contributed by atoms with Crippen molar-refractivity contribution >= 4 is 33.0 Å². The fourth-order valence-corrected chi connectivity index (χ4v) is 7.55. The van der Waals surface area contributed by atoms with Gasteiger partial charge in [0.05, 0.1) is 27.7 Å². The second-order valence-electron chi connectivity index (χ2n) is 8.82. The molecule has 9 heteroatoms. The molecule has 5 rings (SSSR count). The van der Waals surface area contributed by atoms with Crippen LogP contribution in [0.15, 0.2) is 58.8 Å². The van der Waals surface area contributed by atoms with E-state index in [1.807, 2.05) is 67.7 Å². The third-order valence-electron chi connectivity index (χ3n) is 6.55. The number of carbonyl (C=O) groups is 1. The summed E-state index contributed by atoms with van der Waals surface area (Å²) in [5, 5.41) is 2.81. The first-order chi connectivity index (χ1) is 15.7. The Bertz CT molecular complexity index is 1330. The molecule has 1 saturated heterocycles. The monoisotopic (exact) mass is 482 g/mol. The Morgan fingerprint density at radius 2 is 1.97 bits per heavy atom. The van der Waals surface area contributed by atoms with Crippen molar-refractivity contribution in [3.63, 3.8) is 0 Å². The summed E-state index contributed by atoms with van der Waals surface area (Å²) < 4.78 is 28.8. The quantitative estimate of drug-likeness (QED) is 0.569. The molecule has 0 radical (unpaired) electrons. The number of likely N-dealkylation sites (tertiary alicyclic amines) is 1. The number of anilines is 1.